The Balaban J connectivity index is 1.75. The first-order valence-electron chi connectivity index (χ1n) is 9.44. The maximum atomic E-state index is 12.1. The summed E-state index contributed by atoms with van der Waals surface area (Å²) < 4.78 is 6.41. The van der Waals surface area contributed by atoms with Gasteiger partial charge in [-0.3, -0.25) is 4.79 Å². The summed E-state index contributed by atoms with van der Waals surface area (Å²) in [6.45, 7) is 7.52. The Bertz CT molecular complexity index is 668. The molecule has 0 saturated carbocycles. The van der Waals surface area contributed by atoms with E-state index in [-0.39, 0.29) is 11.6 Å². The highest BCUT2D eigenvalue weighted by atomic mass is 35.5. The summed E-state index contributed by atoms with van der Waals surface area (Å²) in [6.07, 6.45) is 6.34. The second-order valence-electron chi connectivity index (χ2n) is 8.35. The molecule has 1 amide bonds. The highest BCUT2D eigenvalue weighted by Crippen LogP contribution is 2.43. The van der Waals surface area contributed by atoms with Crippen molar-refractivity contribution in [3.05, 3.63) is 22.7 Å². The zero-order valence-electron chi connectivity index (χ0n) is 15.1. The van der Waals surface area contributed by atoms with E-state index >= 15 is 0 Å². The maximum absolute atomic E-state index is 12.1. The van der Waals surface area contributed by atoms with Crippen molar-refractivity contribution >= 4 is 23.7 Å². The van der Waals surface area contributed by atoms with E-state index in [0.717, 1.165) is 62.3 Å². The van der Waals surface area contributed by atoms with Crippen LogP contribution in [0.2, 0.25) is 5.02 Å². The van der Waals surface area contributed by atoms with Crippen molar-refractivity contribution < 1.29 is 9.53 Å². The molecule has 1 aromatic rings. The molecule has 0 radical (unpaired) electrons. The number of nitrogens with zero attached hydrogens (tertiary/aromatic N) is 2. The lowest BCUT2D eigenvalue weighted by molar-refractivity contribution is -0.108. The summed E-state index contributed by atoms with van der Waals surface area (Å²) in [7, 11) is 0. The van der Waals surface area contributed by atoms with Crippen molar-refractivity contribution in [2.24, 2.45) is 5.92 Å². The Hall–Kier alpha value is -1.26. The molecule has 4 heterocycles. The predicted molar refractivity (Wildman–Crippen MR) is 101 cm³/mol. The van der Waals surface area contributed by atoms with Crippen LogP contribution in [0.3, 0.4) is 0 Å². The molecule has 1 unspecified atom stereocenters. The van der Waals surface area contributed by atoms with Gasteiger partial charge in [-0.15, -0.1) is 0 Å². The summed E-state index contributed by atoms with van der Waals surface area (Å²) in [6, 6.07) is 4.13. The van der Waals surface area contributed by atoms with E-state index in [1.54, 1.807) is 0 Å². The lowest BCUT2D eigenvalue weighted by atomic mass is 9.83. The second-order valence-corrected chi connectivity index (χ2v) is 8.78. The molecule has 5 heteroatoms. The number of amides is 1. The van der Waals surface area contributed by atoms with Crippen LogP contribution >= 0.6 is 11.6 Å². The third kappa shape index (κ3) is 3.26. The van der Waals surface area contributed by atoms with Crippen molar-refractivity contribution in [1.82, 2.24) is 4.90 Å². The second kappa shape index (κ2) is 6.48. The zero-order chi connectivity index (χ0) is 17.6. The predicted octanol–water partition coefficient (Wildman–Crippen LogP) is 3.89. The molecule has 1 aromatic carbocycles. The van der Waals surface area contributed by atoms with E-state index in [0.29, 0.717) is 10.9 Å². The van der Waals surface area contributed by atoms with Crippen molar-refractivity contribution in [3.63, 3.8) is 0 Å². The molecule has 2 bridgehead atoms. The topological polar surface area (TPSA) is 32.8 Å². The number of piperidine rings is 3. The summed E-state index contributed by atoms with van der Waals surface area (Å²) in [5, 5.41) is 0.685. The third-order valence-corrected chi connectivity index (χ3v) is 6.30. The van der Waals surface area contributed by atoms with Crippen LogP contribution in [0.4, 0.5) is 5.69 Å². The molecule has 4 aliphatic heterocycles. The monoisotopic (exact) mass is 362 g/mol. The number of ether oxygens (including phenoxy) is 1. The molecule has 0 spiro atoms. The van der Waals surface area contributed by atoms with Gasteiger partial charge in [0.25, 0.3) is 0 Å². The molecule has 0 N–H and O–H groups in total. The normalized spacial score (nSPS) is 30.1. The fourth-order valence-corrected chi connectivity index (χ4v) is 4.96. The van der Waals surface area contributed by atoms with Crippen LogP contribution in [0.5, 0.6) is 5.75 Å². The van der Waals surface area contributed by atoms with Crippen molar-refractivity contribution in [2.45, 2.75) is 57.6 Å². The van der Waals surface area contributed by atoms with Crippen LogP contribution in [0, 0.1) is 5.92 Å². The van der Waals surface area contributed by atoms with Crippen molar-refractivity contribution in [2.75, 3.05) is 24.5 Å². The quantitative estimate of drug-likeness (QED) is 0.765. The van der Waals surface area contributed by atoms with E-state index in [1.807, 2.05) is 17.0 Å². The first-order chi connectivity index (χ1) is 12.0. The molecular formula is C20H27ClN2O2. The van der Waals surface area contributed by atoms with Crippen LogP contribution < -0.4 is 9.64 Å². The number of carbonyl (C=O) groups excluding carboxylic acids is 1. The largest absolute Gasteiger partial charge is 0.485 e. The number of hydrogen-bond donors (Lipinski definition) is 0. The van der Waals surface area contributed by atoms with Gasteiger partial charge in [0, 0.05) is 11.6 Å². The molecular weight excluding hydrogens is 336 g/mol. The first-order valence-corrected chi connectivity index (χ1v) is 9.82. The molecule has 1 atom stereocenters. The number of anilines is 1. The number of hydrogen-bond acceptors (Lipinski definition) is 3. The average Bonchev–Trinajstić information content (AvgIpc) is 2.74. The molecule has 4 aliphatic rings. The number of halogens is 1. The standard InChI is InChI=1S/C20H27ClN2O2/c1-20(2)7-3-4-15-10-16(21)11-17(19(15)25-20)23(13-24)18-12-22-8-5-14(18)6-9-22/h10-11,13-14,18H,3-9,12H2,1-2H3. The van der Waals surface area contributed by atoms with E-state index in [1.165, 1.54) is 12.8 Å². The number of rotatable bonds is 3. The molecule has 0 aliphatic carbocycles. The number of benzene rings is 1. The van der Waals surface area contributed by atoms with Gasteiger partial charge in [-0.1, -0.05) is 11.6 Å². The zero-order valence-corrected chi connectivity index (χ0v) is 15.9. The van der Waals surface area contributed by atoms with Crippen molar-refractivity contribution in [1.29, 1.82) is 0 Å². The lowest BCUT2D eigenvalue weighted by Gasteiger charge is -2.48. The molecule has 25 heavy (non-hydrogen) atoms. The van der Waals surface area contributed by atoms with Gasteiger partial charge in [0.2, 0.25) is 6.41 Å². The lowest BCUT2D eigenvalue weighted by Crippen LogP contribution is -2.57. The Morgan fingerprint density at radius 1 is 1.32 bits per heavy atom. The van der Waals surface area contributed by atoms with Crippen LogP contribution in [-0.4, -0.2) is 42.6 Å². The van der Waals surface area contributed by atoms with E-state index in [9.17, 15) is 4.79 Å². The van der Waals surface area contributed by atoms with Gasteiger partial charge >= 0.3 is 0 Å². The van der Waals surface area contributed by atoms with Crippen molar-refractivity contribution in [3.8, 4) is 5.75 Å². The van der Waals surface area contributed by atoms with Crippen LogP contribution in [0.15, 0.2) is 12.1 Å². The SMILES string of the molecule is CC1(C)CCCc2cc(Cl)cc(N(C=O)C3CN4CCC3CC4)c2O1. The minimum absolute atomic E-state index is 0.220. The van der Waals surface area contributed by atoms with Gasteiger partial charge in [-0.25, -0.2) is 0 Å². The minimum atomic E-state index is -0.225. The van der Waals surface area contributed by atoms with Gasteiger partial charge in [0.05, 0.1) is 11.7 Å². The van der Waals surface area contributed by atoms with Gasteiger partial charge in [0.1, 0.15) is 11.4 Å². The summed E-state index contributed by atoms with van der Waals surface area (Å²) in [4.78, 5) is 16.5. The minimum Gasteiger partial charge on any atom is -0.485 e. The van der Waals surface area contributed by atoms with Gasteiger partial charge in [-0.05, 0) is 82.7 Å². The highest BCUT2D eigenvalue weighted by molar-refractivity contribution is 6.31. The molecule has 3 saturated heterocycles. The van der Waals surface area contributed by atoms with Crippen LogP contribution in [-0.2, 0) is 11.2 Å². The molecule has 136 valence electrons. The van der Waals surface area contributed by atoms with Crippen LogP contribution in [0.1, 0.15) is 45.1 Å². The number of fused-ring (bicyclic) bond motifs is 4. The smallest absolute Gasteiger partial charge is 0.214 e. The highest BCUT2D eigenvalue weighted by Gasteiger charge is 2.39. The summed E-state index contributed by atoms with van der Waals surface area (Å²) in [5.74, 6) is 1.43. The molecule has 4 nitrogen and oxygen atoms in total. The van der Waals surface area contributed by atoms with Crippen LogP contribution in [0.25, 0.3) is 0 Å². The van der Waals surface area contributed by atoms with Gasteiger partial charge < -0.3 is 14.5 Å². The van der Waals surface area contributed by atoms with Gasteiger partial charge in [-0.2, -0.15) is 0 Å². The molecule has 5 rings (SSSR count). The maximum Gasteiger partial charge on any atom is 0.214 e. The average molecular weight is 363 g/mol. The number of carbonyl (C=O) groups is 1. The fraction of sp³-hybridized carbons (Fsp3) is 0.650. The Morgan fingerprint density at radius 3 is 2.72 bits per heavy atom. The van der Waals surface area contributed by atoms with E-state index < -0.39 is 0 Å². The summed E-state index contributed by atoms with van der Waals surface area (Å²) in [5.41, 5.74) is 1.75. The first kappa shape index (κ1) is 17.2. The Morgan fingerprint density at radius 2 is 2.08 bits per heavy atom. The fourth-order valence-electron chi connectivity index (χ4n) is 4.72. The molecule has 0 aromatic heterocycles. The molecule has 3 fully saturated rings. The van der Waals surface area contributed by atoms with E-state index in [4.69, 9.17) is 16.3 Å². The van der Waals surface area contributed by atoms with E-state index in [2.05, 4.69) is 18.7 Å². The van der Waals surface area contributed by atoms with Gasteiger partial charge in [0.15, 0.2) is 0 Å². The summed E-state index contributed by atoms with van der Waals surface area (Å²) >= 11 is 6.42. The third-order valence-electron chi connectivity index (χ3n) is 6.09. The number of aryl methyl sites for hydroxylation is 1. The Labute approximate surface area is 155 Å². The Kier molecular flexibility index (Phi) is 4.45.